The first-order valence-electron chi connectivity index (χ1n) is 8.30. The monoisotopic (exact) mass is 330 g/mol. The van der Waals surface area contributed by atoms with Crippen molar-refractivity contribution in [3.05, 3.63) is 35.6 Å². The number of amides is 2. The molecule has 1 heterocycles. The first-order valence-corrected chi connectivity index (χ1v) is 9.35. The van der Waals surface area contributed by atoms with Gasteiger partial charge in [0.05, 0.1) is 11.5 Å². The number of carbonyl (C=O) groups is 2. The Bertz CT molecular complexity index is 625. The van der Waals surface area contributed by atoms with Crippen LogP contribution < -0.4 is 5.32 Å². The summed E-state index contributed by atoms with van der Waals surface area (Å²) in [6.07, 6.45) is 13.2. The summed E-state index contributed by atoms with van der Waals surface area (Å²) in [5, 5.41) is 3.48. The van der Waals surface area contributed by atoms with Gasteiger partial charge in [0.1, 0.15) is 0 Å². The van der Waals surface area contributed by atoms with Crippen LogP contribution in [0.2, 0.25) is 0 Å². The van der Waals surface area contributed by atoms with Crippen molar-refractivity contribution < 1.29 is 9.59 Å². The van der Waals surface area contributed by atoms with E-state index in [0.29, 0.717) is 16.7 Å². The molecule has 1 atom stereocenters. The van der Waals surface area contributed by atoms with Gasteiger partial charge >= 0.3 is 0 Å². The highest BCUT2D eigenvalue weighted by molar-refractivity contribution is 8.00. The second kappa shape index (κ2) is 7.30. The average Bonchev–Trinajstić information content (AvgIpc) is 3.05. The first kappa shape index (κ1) is 16.2. The fourth-order valence-corrected chi connectivity index (χ4v) is 4.39. The summed E-state index contributed by atoms with van der Waals surface area (Å²) in [6, 6.07) is 0. The lowest BCUT2D eigenvalue weighted by atomic mass is 9.86. The molecule has 23 heavy (non-hydrogen) atoms. The van der Waals surface area contributed by atoms with E-state index in [1.165, 1.54) is 25.7 Å². The van der Waals surface area contributed by atoms with Crippen molar-refractivity contribution in [3.8, 4) is 0 Å². The fourth-order valence-electron chi connectivity index (χ4n) is 3.28. The molecule has 1 N–H and O–H groups in total. The van der Waals surface area contributed by atoms with Gasteiger partial charge in [0, 0.05) is 22.9 Å². The normalized spacial score (nSPS) is 25.9. The van der Waals surface area contributed by atoms with Gasteiger partial charge in [-0.3, -0.25) is 9.59 Å². The first-order chi connectivity index (χ1) is 11.2. The summed E-state index contributed by atoms with van der Waals surface area (Å²) in [5.41, 5.74) is 2.55. The third-order valence-electron chi connectivity index (χ3n) is 4.49. The minimum Gasteiger partial charge on any atom is -0.325 e. The summed E-state index contributed by atoms with van der Waals surface area (Å²) in [4.78, 5) is 27.9. The average molecular weight is 330 g/mol. The lowest BCUT2D eigenvalue weighted by Gasteiger charge is -2.26. The number of fused-ring (bicyclic) bond motifs is 1. The predicted molar refractivity (Wildman–Crippen MR) is 94.4 cm³/mol. The van der Waals surface area contributed by atoms with E-state index < -0.39 is 0 Å². The zero-order valence-electron chi connectivity index (χ0n) is 13.4. The van der Waals surface area contributed by atoms with Crippen molar-refractivity contribution in [2.45, 2.75) is 44.3 Å². The quantitative estimate of drug-likeness (QED) is 0.861. The molecular weight excluding hydrogens is 308 g/mol. The summed E-state index contributed by atoms with van der Waals surface area (Å²) >= 11 is 1.73. The Morgan fingerprint density at radius 1 is 1.35 bits per heavy atom. The van der Waals surface area contributed by atoms with Crippen LogP contribution in [-0.2, 0) is 9.59 Å². The Morgan fingerprint density at radius 2 is 2.13 bits per heavy atom. The van der Waals surface area contributed by atoms with Gasteiger partial charge in [-0.1, -0.05) is 31.4 Å². The Balaban J connectivity index is 1.64. The number of thioether (sulfide) groups is 1. The lowest BCUT2D eigenvalue weighted by molar-refractivity contribution is -0.116. The van der Waals surface area contributed by atoms with Crippen molar-refractivity contribution in [1.82, 2.24) is 5.32 Å². The van der Waals surface area contributed by atoms with Crippen molar-refractivity contribution in [2.75, 3.05) is 5.75 Å². The number of allylic oxidation sites excluding steroid dienone is 3. The Morgan fingerprint density at radius 3 is 2.87 bits per heavy atom. The van der Waals surface area contributed by atoms with Crippen molar-refractivity contribution >= 4 is 29.3 Å². The Hall–Kier alpha value is -1.62. The molecule has 1 aliphatic heterocycles. The maximum atomic E-state index is 12.0. The number of rotatable bonds is 4. The van der Waals surface area contributed by atoms with Gasteiger partial charge in [0.15, 0.2) is 0 Å². The van der Waals surface area contributed by atoms with Crippen LogP contribution in [0, 0.1) is 5.92 Å². The SMILES string of the molecule is CCC1=CC(=O)NC2=CC(=NC(=O)CSC3CCCC3)C=CC12. The molecule has 122 valence electrons. The van der Waals surface area contributed by atoms with E-state index in [1.807, 2.05) is 25.2 Å². The van der Waals surface area contributed by atoms with Gasteiger partial charge < -0.3 is 5.32 Å². The van der Waals surface area contributed by atoms with Crippen LogP contribution >= 0.6 is 11.8 Å². The molecule has 1 saturated carbocycles. The molecule has 2 amide bonds. The van der Waals surface area contributed by atoms with Gasteiger partial charge in [-0.25, -0.2) is 4.99 Å². The highest BCUT2D eigenvalue weighted by atomic mass is 32.2. The largest absolute Gasteiger partial charge is 0.325 e. The molecule has 2 aliphatic carbocycles. The van der Waals surface area contributed by atoms with E-state index in [9.17, 15) is 9.59 Å². The molecular formula is C18H22N2O2S. The van der Waals surface area contributed by atoms with Crippen molar-refractivity contribution in [1.29, 1.82) is 0 Å². The molecule has 3 aliphatic rings. The molecule has 0 bridgehead atoms. The third-order valence-corrected chi connectivity index (χ3v) is 5.84. The maximum absolute atomic E-state index is 12.0. The molecule has 3 rings (SSSR count). The summed E-state index contributed by atoms with van der Waals surface area (Å²) < 4.78 is 0. The molecule has 0 aromatic rings. The minimum atomic E-state index is -0.0953. The van der Waals surface area contributed by atoms with E-state index >= 15 is 0 Å². The Labute approximate surface area is 141 Å². The topological polar surface area (TPSA) is 58.5 Å². The van der Waals surface area contributed by atoms with Crippen molar-refractivity contribution in [2.24, 2.45) is 10.9 Å². The van der Waals surface area contributed by atoms with Gasteiger partial charge in [-0.05, 0) is 31.4 Å². The maximum Gasteiger partial charge on any atom is 0.256 e. The van der Waals surface area contributed by atoms with E-state index in [1.54, 1.807) is 17.8 Å². The summed E-state index contributed by atoms with van der Waals surface area (Å²) in [6.45, 7) is 2.04. The third kappa shape index (κ3) is 4.02. The minimum absolute atomic E-state index is 0.0924. The number of nitrogens with one attached hydrogen (secondary N) is 1. The zero-order valence-corrected chi connectivity index (χ0v) is 14.2. The molecule has 0 spiro atoms. The molecule has 0 aromatic heterocycles. The molecule has 0 aromatic carbocycles. The van der Waals surface area contributed by atoms with Crippen molar-refractivity contribution in [3.63, 3.8) is 0 Å². The van der Waals surface area contributed by atoms with Gasteiger partial charge in [0.2, 0.25) is 5.91 Å². The van der Waals surface area contributed by atoms with Crippen LogP contribution in [0.3, 0.4) is 0 Å². The second-order valence-electron chi connectivity index (χ2n) is 6.15. The van der Waals surface area contributed by atoms with Gasteiger partial charge in [-0.2, -0.15) is 0 Å². The van der Waals surface area contributed by atoms with Gasteiger partial charge in [-0.15, -0.1) is 11.8 Å². The number of hydrogen-bond acceptors (Lipinski definition) is 3. The number of hydrogen-bond donors (Lipinski definition) is 1. The zero-order chi connectivity index (χ0) is 16.2. The van der Waals surface area contributed by atoms with Gasteiger partial charge in [0.25, 0.3) is 5.91 Å². The fraction of sp³-hybridized carbons (Fsp3) is 0.500. The standard InChI is InChI=1S/C18H22N2O2S/c1-2-12-9-17(21)20-16-10-13(7-8-15(12)16)19-18(22)11-23-14-5-3-4-6-14/h7-10,14-15H,2-6,11H2,1H3,(H,20,21). The lowest BCUT2D eigenvalue weighted by Crippen LogP contribution is -2.33. The van der Waals surface area contributed by atoms with Crippen LogP contribution in [0.25, 0.3) is 0 Å². The van der Waals surface area contributed by atoms with E-state index in [4.69, 9.17) is 0 Å². The van der Waals surface area contributed by atoms with Crippen LogP contribution in [-0.4, -0.2) is 28.5 Å². The molecule has 5 heteroatoms. The highest BCUT2D eigenvalue weighted by Gasteiger charge is 2.25. The summed E-state index contributed by atoms with van der Waals surface area (Å²) in [7, 11) is 0. The molecule has 0 saturated heterocycles. The van der Waals surface area contributed by atoms with Crippen LogP contribution in [0.5, 0.6) is 0 Å². The van der Waals surface area contributed by atoms with Crippen LogP contribution in [0.1, 0.15) is 39.0 Å². The second-order valence-corrected chi connectivity index (χ2v) is 7.44. The van der Waals surface area contributed by atoms with E-state index in [2.05, 4.69) is 10.3 Å². The van der Waals surface area contributed by atoms with E-state index in [-0.39, 0.29) is 17.7 Å². The molecule has 0 radical (unpaired) electrons. The Kier molecular flexibility index (Phi) is 5.16. The molecule has 1 fully saturated rings. The van der Waals surface area contributed by atoms with Crippen LogP contribution in [0.15, 0.2) is 40.6 Å². The molecule has 4 nitrogen and oxygen atoms in total. The highest BCUT2D eigenvalue weighted by Crippen LogP contribution is 2.30. The van der Waals surface area contributed by atoms with Crippen LogP contribution in [0.4, 0.5) is 0 Å². The van der Waals surface area contributed by atoms with E-state index in [0.717, 1.165) is 17.7 Å². The molecule has 1 unspecified atom stereocenters. The number of aliphatic imine (C=N–C) groups is 1. The smallest absolute Gasteiger partial charge is 0.256 e. The number of nitrogens with zero attached hydrogens (tertiary/aromatic N) is 1. The predicted octanol–water partition coefficient (Wildman–Crippen LogP) is 3.17. The summed E-state index contributed by atoms with van der Waals surface area (Å²) in [5.74, 6) is 0.369. The number of carbonyl (C=O) groups excluding carboxylic acids is 2.